The van der Waals surface area contributed by atoms with Crippen LogP contribution < -0.4 is 14.9 Å². The average molecular weight is 390 g/mol. The lowest BCUT2D eigenvalue weighted by atomic mass is 10.1. The molecule has 0 saturated heterocycles. The number of hydrogen-bond donors (Lipinski definition) is 1. The molecule has 0 atom stereocenters. The van der Waals surface area contributed by atoms with Crippen LogP contribution in [0, 0.1) is 0 Å². The van der Waals surface area contributed by atoms with Crippen molar-refractivity contribution < 1.29 is 9.47 Å². The molecule has 0 aliphatic carbocycles. The Morgan fingerprint density at radius 2 is 1.89 bits per heavy atom. The van der Waals surface area contributed by atoms with Gasteiger partial charge in [-0.2, -0.15) is 5.10 Å². The standard InChI is InChI=1S/C21H18N4O2S/c1-26-16-9-8-15(18(10-16)27-2)11-24-25-20-19-17(14-6-4-3-5-7-14)12-28-21(19)23-13-22-20/h3-13H,1-2H3,(H,22,23,25)/b24-11+. The number of nitrogens with zero attached hydrogens (tertiary/aromatic N) is 3. The SMILES string of the molecule is COc1ccc(/C=N/Nc2ncnc3scc(-c4ccccc4)c23)c(OC)c1. The smallest absolute Gasteiger partial charge is 0.159 e. The predicted octanol–water partition coefficient (Wildman–Crippen LogP) is 4.82. The largest absolute Gasteiger partial charge is 0.497 e. The van der Waals surface area contributed by atoms with Crippen LogP contribution in [0.3, 0.4) is 0 Å². The zero-order valence-electron chi connectivity index (χ0n) is 15.4. The van der Waals surface area contributed by atoms with E-state index in [9.17, 15) is 0 Å². The van der Waals surface area contributed by atoms with Gasteiger partial charge in [-0.05, 0) is 17.7 Å². The molecule has 0 unspecified atom stereocenters. The monoisotopic (exact) mass is 390 g/mol. The van der Waals surface area contributed by atoms with Crippen molar-refractivity contribution in [1.82, 2.24) is 9.97 Å². The van der Waals surface area contributed by atoms with Gasteiger partial charge in [0.25, 0.3) is 0 Å². The quantitative estimate of drug-likeness (QED) is 0.378. The Labute approximate surface area is 166 Å². The van der Waals surface area contributed by atoms with Gasteiger partial charge in [0.1, 0.15) is 22.7 Å². The molecule has 28 heavy (non-hydrogen) atoms. The normalized spacial score (nSPS) is 11.1. The third-order valence-electron chi connectivity index (χ3n) is 4.27. The van der Waals surface area contributed by atoms with Crippen LogP contribution in [0.4, 0.5) is 5.82 Å². The van der Waals surface area contributed by atoms with Crippen LogP contribution in [0.5, 0.6) is 11.5 Å². The zero-order chi connectivity index (χ0) is 19.3. The summed E-state index contributed by atoms with van der Waals surface area (Å²) in [6.45, 7) is 0. The van der Waals surface area contributed by atoms with E-state index < -0.39 is 0 Å². The van der Waals surface area contributed by atoms with Gasteiger partial charge in [-0.25, -0.2) is 9.97 Å². The molecule has 1 N–H and O–H groups in total. The third-order valence-corrected chi connectivity index (χ3v) is 5.16. The topological polar surface area (TPSA) is 68.6 Å². The highest BCUT2D eigenvalue weighted by atomic mass is 32.1. The maximum atomic E-state index is 5.40. The molecule has 4 aromatic rings. The number of fused-ring (bicyclic) bond motifs is 1. The highest BCUT2D eigenvalue weighted by Crippen LogP contribution is 2.36. The first-order chi connectivity index (χ1) is 13.8. The second kappa shape index (κ2) is 8.06. The number of rotatable bonds is 6. The number of hydrazone groups is 1. The van der Waals surface area contributed by atoms with Crippen LogP contribution in [-0.4, -0.2) is 30.4 Å². The first-order valence-corrected chi connectivity index (χ1v) is 9.47. The Hall–Kier alpha value is -3.45. The number of thiophene rings is 1. The number of benzene rings is 2. The molecule has 0 bridgehead atoms. The molecule has 2 aromatic carbocycles. The van der Waals surface area contributed by atoms with Crippen molar-refractivity contribution in [3.05, 3.63) is 65.8 Å². The van der Waals surface area contributed by atoms with Crippen molar-refractivity contribution in [2.45, 2.75) is 0 Å². The molecule has 0 aliphatic heterocycles. The Balaban J connectivity index is 1.66. The van der Waals surface area contributed by atoms with Gasteiger partial charge in [0, 0.05) is 22.6 Å². The van der Waals surface area contributed by atoms with Crippen molar-refractivity contribution in [1.29, 1.82) is 0 Å². The first kappa shape index (κ1) is 17.9. The fraction of sp³-hybridized carbons (Fsp3) is 0.0952. The molecule has 0 radical (unpaired) electrons. The van der Waals surface area contributed by atoms with Crippen molar-refractivity contribution in [2.75, 3.05) is 19.6 Å². The molecule has 2 heterocycles. The van der Waals surface area contributed by atoms with E-state index in [1.807, 2.05) is 36.4 Å². The summed E-state index contributed by atoms with van der Waals surface area (Å²) in [5.41, 5.74) is 6.08. The summed E-state index contributed by atoms with van der Waals surface area (Å²) in [5, 5.41) is 7.41. The van der Waals surface area contributed by atoms with Gasteiger partial charge in [-0.15, -0.1) is 11.3 Å². The molecule has 140 valence electrons. The van der Waals surface area contributed by atoms with Crippen LogP contribution in [0.2, 0.25) is 0 Å². The second-order valence-electron chi connectivity index (χ2n) is 5.90. The van der Waals surface area contributed by atoms with E-state index in [4.69, 9.17) is 9.47 Å². The highest BCUT2D eigenvalue weighted by molar-refractivity contribution is 7.17. The minimum absolute atomic E-state index is 0.661. The van der Waals surface area contributed by atoms with Gasteiger partial charge in [0.05, 0.1) is 25.8 Å². The minimum Gasteiger partial charge on any atom is -0.497 e. The minimum atomic E-state index is 0.661. The summed E-state index contributed by atoms with van der Waals surface area (Å²) in [7, 11) is 3.24. The number of ether oxygens (including phenoxy) is 2. The molecule has 4 rings (SSSR count). The number of aromatic nitrogens is 2. The summed E-state index contributed by atoms with van der Waals surface area (Å²) in [5.74, 6) is 2.07. The van der Waals surface area contributed by atoms with Crippen molar-refractivity contribution in [2.24, 2.45) is 5.10 Å². The van der Waals surface area contributed by atoms with Crippen LogP contribution in [0.1, 0.15) is 5.56 Å². The van der Waals surface area contributed by atoms with Crippen LogP contribution in [0.15, 0.2) is 65.3 Å². The summed E-state index contributed by atoms with van der Waals surface area (Å²) >= 11 is 1.59. The van der Waals surface area contributed by atoms with Gasteiger partial charge < -0.3 is 9.47 Å². The van der Waals surface area contributed by atoms with Crippen LogP contribution in [-0.2, 0) is 0 Å². The van der Waals surface area contributed by atoms with Gasteiger partial charge in [0.15, 0.2) is 5.82 Å². The zero-order valence-corrected chi connectivity index (χ0v) is 16.2. The summed E-state index contributed by atoms with van der Waals surface area (Å²) in [4.78, 5) is 9.68. The number of anilines is 1. The highest BCUT2D eigenvalue weighted by Gasteiger charge is 2.12. The lowest BCUT2D eigenvalue weighted by Crippen LogP contribution is -1.97. The Morgan fingerprint density at radius 3 is 2.68 bits per heavy atom. The van der Waals surface area contributed by atoms with E-state index in [0.717, 1.165) is 32.7 Å². The average Bonchev–Trinajstić information content (AvgIpc) is 3.19. The van der Waals surface area contributed by atoms with E-state index >= 15 is 0 Å². The number of nitrogens with one attached hydrogen (secondary N) is 1. The molecule has 2 aromatic heterocycles. The Kier molecular flexibility index (Phi) is 5.16. The van der Waals surface area contributed by atoms with E-state index in [-0.39, 0.29) is 0 Å². The molecule has 7 heteroatoms. The van der Waals surface area contributed by atoms with Crippen molar-refractivity contribution in [3.63, 3.8) is 0 Å². The lowest BCUT2D eigenvalue weighted by molar-refractivity contribution is 0.394. The van der Waals surface area contributed by atoms with E-state index in [0.29, 0.717) is 11.6 Å². The fourth-order valence-electron chi connectivity index (χ4n) is 2.88. The Bertz CT molecular complexity index is 1130. The van der Waals surface area contributed by atoms with Gasteiger partial charge >= 0.3 is 0 Å². The molecular formula is C21H18N4O2S. The molecular weight excluding hydrogens is 372 g/mol. The summed E-state index contributed by atoms with van der Waals surface area (Å²) in [6.07, 6.45) is 3.24. The first-order valence-electron chi connectivity index (χ1n) is 8.59. The molecule has 6 nitrogen and oxygen atoms in total. The maximum Gasteiger partial charge on any atom is 0.159 e. The maximum absolute atomic E-state index is 5.40. The van der Waals surface area contributed by atoms with Crippen LogP contribution in [0.25, 0.3) is 21.3 Å². The van der Waals surface area contributed by atoms with E-state index in [2.05, 4.69) is 38.0 Å². The number of hydrogen-bond acceptors (Lipinski definition) is 7. The van der Waals surface area contributed by atoms with Crippen molar-refractivity contribution >= 4 is 33.6 Å². The number of methoxy groups -OCH3 is 2. The molecule has 0 aliphatic rings. The van der Waals surface area contributed by atoms with Crippen molar-refractivity contribution in [3.8, 4) is 22.6 Å². The molecule has 0 amide bonds. The summed E-state index contributed by atoms with van der Waals surface area (Å²) < 4.78 is 10.6. The molecule has 0 spiro atoms. The fourth-order valence-corrected chi connectivity index (χ4v) is 3.79. The Morgan fingerprint density at radius 1 is 1.04 bits per heavy atom. The van der Waals surface area contributed by atoms with Gasteiger partial charge in [0.2, 0.25) is 0 Å². The predicted molar refractivity (Wildman–Crippen MR) is 114 cm³/mol. The molecule has 0 saturated carbocycles. The lowest BCUT2D eigenvalue weighted by Gasteiger charge is -2.07. The van der Waals surface area contributed by atoms with Gasteiger partial charge in [-0.3, -0.25) is 5.43 Å². The second-order valence-corrected chi connectivity index (χ2v) is 6.75. The third kappa shape index (κ3) is 3.52. The summed E-state index contributed by atoms with van der Waals surface area (Å²) in [6, 6.07) is 15.7. The van der Waals surface area contributed by atoms with Crippen LogP contribution >= 0.6 is 11.3 Å². The molecule has 0 fully saturated rings. The van der Waals surface area contributed by atoms with Gasteiger partial charge in [-0.1, -0.05) is 30.3 Å². The van der Waals surface area contributed by atoms with E-state index in [1.165, 1.54) is 0 Å². The van der Waals surface area contributed by atoms with E-state index in [1.54, 1.807) is 38.1 Å².